The molecular weight excluding hydrogens is 238 g/mol. The third-order valence-corrected chi connectivity index (χ3v) is 4.35. The SMILES string of the molecule is CC(CNC(=O)CC1CCNCC1)CN1CCCC1. The highest BCUT2D eigenvalue weighted by molar-refractivity contribution is 5.76. The number of hydrogen-bond donors (Lipinski definition) is 2. The molecular formula is C15H29N3O. The molecule has 2 saturated heterocycles. The molecule has 1 amide bonds. The first-order valence-electron chi connectivity index (χ1n) is 7.94. The average Bonchev–Trinajstić information content (AvgIpc) is 2.90. The Morgan fingerprint density at radius 2 is 2.00 bits per heavy atom. The fraction of sp³-hybridized carbons (Fsp3) is 0.933. The first-order chi connectivity index (χ1) is 9.24. The Morgan fingerprint density at radius 1 is 1.32 bits per heavy atom. The molecule has 2 rings (SSSR count). The third-order valence-electron chi connectivity index (χ3n) is 4.35. The molecule has 4 heteroatoms. The summed E-state index contributed by atoms with van der Waals surface area (Å²) >= 11 is 0. The van der Waals surface area contributed by atoms with Crippen LogP contribution < -0.4 is 10.6 Å². The van der Waals surface area contributed by atoms with E-state index in [0.29, 0.717) is 11.8 Å². The van der Waals surface area contributed by atoms with Crippen molar-refractivity contribution in [2.45, 2.75) is 39.0 Å². The molecule has 0 saturated carbocycles. The molecule has 0 aliphatic carbocycles. The summed E-state index contributed by atoms with van der Waals surface area (Å²) in [7, 11) is 0. The van der Waals surface area contributed by atoms with Crippen LogP contribution in [0, 0.1) is 11.8 Å². The maximum Gasteiger partial charge on any atom is 0.220 e. The number of carbonyl (C=O) groups is 1. The van der Waals surface area contributed by atoms with Crippen LogP contribution in [-0.4, -0.2) is 50.1 Å². The van der Waals surface area contributed by atoms with E-state index in [1.54, 1.807) is 0 Å². The summed E-state index contributed by atoms with van der Waals surface area (Å²) in [5, 5.41) is 6.46. The highest BCUT2D eigenvalue weighted by Crippen LogP contribution is 2.15. The molecule has 2 aliphatic heterocycles. The summed E-state index contributed by atoms with van der Waals surface area (Å²) < 4.78 is 0. The Hall–Kier alpha value is -0.610. The lowest BCUT2D eigenvalue weighted by atomic mass is 9.94. The fourth-order valence-corrected chi connectivity index (χ4v) is 3.18. The molecule has 0 aromatic carbocycles. The minimum absolute atomic E-state index is 0.250. The molecule has 1 atom stereocenters. The lowest BCUT2D eigenvalue weighted by molar-refractivity contribution is -0.122. The van der Waals surface area contributed by atoms with Crippen molar-refractivity contribution in [2.24, 2.45) is 11.8 Å². The lowest BCUT2D eigenvalue weighted by Gasteiger charge is -2.23. The van der Waals surface area contributed by atoms with Crippen LogP contribution in [0.4, 0.5) is 0 Å². The zero-order chi connectivity index (χ0) is 13.5. The van der Waals surface area contributed by atoms with Crippen molar-refractivity contribution in [3.8, 4) is 0 Å². The van der Waals surface area contributed by atoms with Gasteiger partial charge in [0.25, 0.3) is 0 Å². The molecule has 0 aromatic heterocycles. The Balaban J connectivity index is 1.56. The van der Waals surface area contributed by atoms with Gasteiger partial charge in [-0.25, -0.2) is 0 Å². The van der Waals surface area contributed by atoms with Crippen LogP contribution in [0.15, 0.2) is 0 Å². The molecule has 2 N–H and O–H groups in total. The van der Waals surface area contributed by atoms with Crippen molar-refractivity contribution in [1.82, 2.24) is 15.5 Å². The Kier molecular flexibility index (Phi) is 6.11. The molecule has 4 nitrogen and oxygen atoms in total. The third kappa shape index (κ3) is 5.49. The van der Waals surface area contributed by atoms with Crippen molar-refractivity contribution >= 4 is 5.91 Å². The molecule has 0 bridgehead atoms. The van der Waals surface area contributed by atoms with Gasteiger partial charge in [-0.3, -0.25) is 4.79 Å². The number of carbonyl (C=O) groups excluding carboxylic acids is 1. The van der Waals surface area contributed by atoms with Crippen molar-refractivity contribution in [2.75, 3.05) is 39.3 Å². The molecule has 110 valence electrons. The van der Waals surface area contributed by atoms with Crippen LogP contribution in [0.25, 0.3) is 0 Å². The maximum absolute atomic E-state index is 11.9. The molecule has 19 heavy (non-hydrogen) atoms. The second-order valence-electron chi connectivity index (χ2n) is 6.31. The second-order valence-corrected chi connectivity index (χ2v) is 6.31. The first kappa shape index (κ1) is 14.8. The molecule has 0 spiro atoms. The van der Waals surface area contributed by atoms with Crippen LogP contribution in [0.1, 0.15) is 39.0 Å². The van der Waals surface area contributed by atoms with Gasteiger partial charge in [0, 0.05) is 19.5 Å². The Labute approximate surface area is 117 Å². The monoisotopic (exact) mass is 267 g/mol. The molecule has 2 heterocycles. The topological polar surface area (TPSA) is 44.4 Å². The number of hydrogen-bond acceptors (Lipinski definition) is 3. The summed E-state index contributed by atoms with van der Waals surface area (Å²) in [5.41, 5.74) is 0. The summed E-state index contributed by atoms with van der Waals surface area (Å²) in [4.78, 5) is 14.4. The maximum atomic E-state index is 11.9. The summed E-state index contributed by atoms with van der Waals surface area (Å²) in [6, 6.07) is 0. The Morgan fingerprint density at radius 3 is 2.68 bits per heavy atom. The number of amides is 1. The van der Waals surface area contributed by atoms with Gasteiger partial charge >= 0.3 is 0 Å². The summed E-state index contributed by atoms with van der Waals surface area (Å²) in [6.07, 6.45) is 5.70. The van der Waals surface area contributed by atoms with Crippen LogP contribution >= 0.6 is 0 Å². The van der Waals surface area contributed by atoms with Gasteiger partial charge in [0.1, 0.15) is 0 Å². The quantitative estimate of drug-likeness (QED) is 0.761. The molecule has 2 aliphatic rings. The second kappa shape index (κ2) is 7.85. The number of nitrogens with zero attached hydrogens (tertiary/aromatic N) is 1. The normalized spacial score (nSPS) is 23.4. The predicted molar refractivity (Wildman–Crippen MR) is 78.1 cm³/mol. The van der Waals surface area contributed by atoms with Gasteiger partial charge < -0.3 is 15.5 Å². The van der Waals surface area contributed by atoms with E-state index in [4.69, 9.17) is 0 Å². The van der Waals surface area contributed by atoms with Crippen molar-refractivity contribution in [3.05, 3.63) is 0 Å². The average molecular weight is 267 g/mol. The number of rotatable bonds is 6. The number of nitrogens with one attached hydrogen (secondary N) is 2. The highest BCUT2D eigenvalue weighted by Gasteiger charge is 2.18. The predicted octanol–water partition coefficient (Wildman–Crippen LogP) is 1.22. The smallest absolute Gasteiger partial charge is 0.220 e. The van der Waals surface area contributed by atoms with Gasteiger partial charge in [0.15, 0.2) is 0 Å². The fourth-order valence-electron chi connectivity index (χ4n) is 3.18. The minimum Gasteiger partial charge on any atom is -0.356 e. The highest BCUT2D eigenvalue weighted by atomic mass is 16.1. The zero-order valence-electron chi connectivity index (χ0n) is 12.3. The summed E-state index contributed by atoms with van der Waals surface area (Å²) in [6.45, 7) is 8.84. The van der Waals surface area contributed by atoms with Gasteiger partial charge in [-0.1, -0.05) is 6.92 Å². The van der Waals surface area contributed by atoms with Crippen molar-refractivity contribution in [3.63, 3.8) is 0 Å². The van der Waals surface area contributed by atoms with E-state index in [1.165, 1.54) is 25.9 Å². The lowest BCUT2D eigenvalue weighted by Crippen LogP contribution is -2.36. The molecule has 2 fully saturated rings. The molecule has 0 radical (unpaired) electrons. The first-order valence-corrected chi connectivity index (χ1v) is 7.94. The van der Waals surface area contributed by atoms with Crippen LogP contribution in [0.2, 0.25) is 0 Å². The van der Waals surface area contributed by atoms with Gasteiger partial charge in [0.2, 0.25) is 5.91 Å². The van der Waals surface area contributed by atoms with Gasteiger partial charge in [0.05, 0.1) is 0 Å². The number of piperidine rings is 1. The van der Waals surface area contributed by atoms with E-state index < -0.39 is 0 Å². The summed E-state index contributed by atoms with van der Waals surface area (Å²) in [5.74, 6) is 1.41. The minimum atomic E-state index is 0.250. The van der Waals surface area contributed by atoms with Crippen LogP contribution in [0.5, 0.6) is 0 Å². The van der Waals surface area contributed by atoms with Crippen molar-refractivity contribution in [1.29, 1.82) is 0 Å². The van der Waals surface area contributed by atoms with E-state index in [1.807, 2.05) is 0 Å². The van der Waals surface area contributed by atoms with E-state index in [2.05, 4.69) is 22.5 Å². The van der Waals surface area contributed by atoms with Gasteiger partial charge in [-0.2, -0.15) is 0 Å². The van der Waals surface area contributed by atoms with E-state index in [-0.39, 0.29) is 5.91 Å². The zero-order valence-corrected chi connectivity index (χ0v) is 12.3. The standard InChI is InChI=1S/C15H29N3O/c1-13(12-18-8-2-3-9-18)11-17-15(19)10-14-4-6-16-7-5-14/h13-14,16H,2-12H2,1H3,(H,17,19). The van der Waals surface area contributed by atoms with Crippen LogP contribution in [0.3, 0.4) is 0 Å². The number of likely N-dealkylation sites (tertiary alicyclic amines) is 1. The van der Waals surface area contributed by atoms with E-state index in [0.717, 1.165) is 45.4 Å². The molecule has 0 aromatic rings. The largest absolute Gasteiger partial charge is 0.356 e. The van der Waals surface area contributed by atoms with E-state index >= 15 is 0 Å². The van der Waals surface area contributed by atoms with Crippen LogP contribution in [-0.2, 0) is 4.79 Å². The van der Waals surface area contributed by atoms with Gasteiger partial charge in [-0.15, -0.1) is 0 Å². The van der Waals surface area contributed by atoms with Crippen molar-refractivity contribution < 1.29 is 4.79 Å². The van der Waals surface area contributed by atoms with E-state index in [9.17, 15) is 4.79 Å². The Bertz CT molecular complexity index is 271. The van der Waals surface area contributed by atoms with Gasteiger partial charge in [-0.05, 0) is 63.7 Å². The molecule has 1 unspecified atom stereocenters.